The summed E-state index contributed by atoms with van der Waals surface area (Å²) in [5.74, 6) is 1.12. The van der Waals surface area contributed by atoms with Gasteiger partial charge in [0.2, 0.25) is 0 Å². The molecule has 2 N–H and O–H groups in total. The number of nitrogens with zero attached hydrogens (tertiary/aromatic N) is 1. The molecule has 0 bridgehead atoms. The van der Waals surface area contributed by atoms with E-state index in [1.54, 1.807) is 12.3 Å². The van der Waals surface area contributed by atoms with Crippen molar-refractivity contribution < 1.29 is 9.53 Å². The van der Waals surface area contributed by atoms with Gasteiger partial charge in [0, 0.05) is 6.54 Å². The number of anilines is 2. The molecule has 21 heavy (non-hydrogen) atoms. The van der Waals surface area contributed by atoms with Gasteiger partial charge in [-0.3, -0.25) is 5.32 Å². The number of amides is 1. The minimum absolute atomic E-state index is 0.483. The summed E-state index contributed by atoms with van der Waals surface area (Å²) in [7, 11) is 0. The van der Waals surface area contributed by atoms with Crippen molar-refractivity contribution in [2.45, 2.75) is 53.1 Å². The summed E-state index contributed by atoms with van der Waals surface area (Å²) in [5, 5.41) is 5.95. The van der Waals surface area contributed by atoms with Gasteiger partial charge in [-0.1, -0.05) is 20.3 Å². The van der Waals surface area contributed by atoms with Crippen molar-refractivity contribution in [2.75, 3.05) is 17.2 Å². The molecule has 1 heterocycles. The molecule has 0 aliphatic heterocycles. The maximum atomic E-state index is 11.6. The zero-order valence-corrected chi connectivity index (χ0v) is 13.7. The molecule has 0 aromatic carbocycles. The molecule has 0 saturated carbocycles. The number of ether oxygens (including phenoxy) is 1. The molecule has 5 heteroatoms. The third-order valence-corrected chi connectivity index (χ3v) is 2.83. The Bertz CT molecular complexity index is 438. The number of aromatic nitrogens is 1. The van der Waals surface area contributed by atoms with E-state index < -0.39 is 11.7 Å². The van der Waals surface area contributed by atoms with Crippen LogP contribution in [-0.4, -0.2) is 23.2 Å². The Morgan fingerprint density at radius 2 is 2.10 bits per heavy atom. The van der Waals surface area contributed by atoms with Crippen molar-refractivity contribution in [1.29, 1.82) is 0 Å². The van der Waals surface area contributed by atoms with E-state index in [0.717, 1.165) is 12.2 Å². The Labute approximate surface area is 127 Å². The number of hydrogen-bond donors (Lipinski definition) is 2. The SMILES string of the molecule is CCCC(C)CNc1ccc(NC(=O)OC(C)(C)C)nc1. The minimum Gasteiger partial charge on any atom is -0.444 e. The van der Waals surface area contributed by atoms with E-state index in [2.05, 4.69) is 29.5 Å². The van der Waals surface area contributed by atoms with Crippen LogP contribution in [0.25, 0.3) is 0 Å². The molecule has 1 amide bonds. The summed E-state index contributed by atoms with van der Waals surface area (Å²) in [5.41, 5.74) is 0.439. The lowest BCUT2D eigenvalue weighted by atomic mass is 10.1. The van der Waals surface area contributed by atoms with Gasteiger partial charge in [0.15, 0.2) is 0 Å². The van der Waals surface area contributed by atoms with Crippen LogP contribution in [0.4, 0.5) is 16.3 Å². The molecule has 0 aliphatic carbocycles. The highest BCUT2D eigenvalue weighted by atomic mass is 16.6. The summed E-state index contributed by atoms with van der Waals surface area (Å²) in [6.45, 7) is 10.8. The quantitative estimate of drug-likeness (QED) is 0.822. The molecule has 118 valence electrons. The second-order valence-electron chi connectivity index (χ2n) is 6.33. The lowest BCUT2D eigenvalue weighted by molar-refractivity contribution is 0.0635. The molecule has 1 aromatic rings. The monoisotopic (exact) mass is 293 g/mol. The number of rotatable bonds is 6. The summed E-state index contributed by atoms with van der Waals surface area (Å²) in [6, 6.07) is 3.66. The van der Waals surface area contributed by atoms with Crippen LogP contribution in [0.3, 0.4) is 0 Å². The summed E-state index contributed by atoms with van der Waals surface area (Å²) in [4.78, 5) is 15.8. The fourth-order valence-corrected chi connectivity index (χ4v) is 1.87. The van der Waals surface area contributed by atoms with E-state index >= 15 is 0 Å². The largest absolute Gasteiger partial charge is 0.444 e. The Balaban J connectivity index is 2.45. The smallest absolute Gasteiger partial charge is 0.413 e. The second kappa shape index (κ2) is 7.86. The maximum absolute atomic E-state index is 11.6. The van der Waals surface area contributed by atoms with Crippen LogP contribution < -0.4 is 10.6 Å². The first-order valence-electron chi connectivity index (χ1n) is 7.50. The normalized spacial score (nSPS) is 12.6. The van der Waals surface area contributed by atoms with Gasteiger partial charge in [-0.05, 0) is 45.2 Å². The van der Waals surface area contributed by atoms with E-state index in [1.165, 1.54) is 12.8 Å². The third-order valence-electron chi connectivity index (χ3n) is 2.83. The first-order valence-corrected chi connectivity index (χ1v) is 7.50. The average molecular weight is 293 g/mol. The van der Waals surface area contributed by atoms with Crippen molar-refractivity contribution in [3.63, 3.8) is 0 Å². The number of nitrogens with one attached hydrogen (secondary N) is 2. The van der Waals surface area contributed by atoms with Crippen LogP contribution in [0.1, 0.15) is 47.5 Å². The van der Waals surface area contributed by atoms with Crippen molar-refractivity contribution >= 4 is 17.6 Å². The van der Waals surface area contributed by atoms with Gasteiger partial charge in [-0.25, -0.2) is 9.78 Å². The van der Waals surface area contributed by atoms with E-state index in [1.807, 2.05) is 26.8 Å². The standard InChI is InChI=1S/C16H27N3O2/c1-6-7-12(2)10-17-13-8-9-14(18-11-13)19-15(20)21-16(3,4)5/h8-9,11-12,17H,6-7,10H2,1-5H3,(H,18,19,20). The summed E-state index contributed by atoms with van der Waals surface area (Å²) in [6.07, 6.45) is 3.62. The molecule has 1 unspecified atom stereocenters. The van der Waals surface area contributed by atoms with Crippen LogP contribution in [0.2, 0.25) is 0 Å². The van der Waals surface area contributed by atoms with Crippen LogP contribution in [0.5, 0.6) is 0 Å². The predicted molar refractivity (Wildman–Crippen MR) is 86.7 cm³/mol. The molecule has 1 atom stereocenters. The predicted octanol–water partition coefficient (Wildman–Crippen LogP) is 4.28. The highest BCUT2D eigenvalue weighted by Gasteiger charge is 2.16. The molecule has 0 saturated heterocycles. The van der Waals surface area contributed by atoms with Gasteiger partial charge < -0.3 is 10.1 Å². The van der Waals surface area contributed by atoms with Gasteiger partial charge in [0.05, 0.1) is 11.9 Å². The van der Waals surface area contributed by atoms with E-state index in [9.17, 15) is 4.79 Å². The number of carbonyl (C=O) groups is 1. The Hall–Kier alpha value is -1.78. The molecule has 0 fully saturated rings. The fourth-order valence-electron chi connectivity index (χ4n) is 1.87. The van der Waals surface area contributed by atoms with Crippen LogP contribution in [-0.2, 0) is 4.74 Å². The van der Waals surface area contributed by atoms with Crippen LogP contribution in [0, 0.1) is 5.92 Å². The van der Waals surface area contributed by atoms with Gasteiger partial charge in [0.1, 0.15) is 11.4 Å². The number of hydrogen-bond acceptors (Lipinski definition) is 4. The minimum atomic E-state index is -0.513. The first kappa shape index (κ1) is 17.3. The maximum Gasteiger partial charge on any atom is 0.413 e. The van der Waals surface area contributed by atoms with Crippen molar-refractivity contribution in [1.82, 2.24) is 4.98 Å². The highest BCUT2D eigenvalue weighted by Crippen LogP contribution is 2.13. The Morgan fingerprint density at radius 3 is 2.62 bits per heavy atom. The molecule has 1 rings (SSSR count). The molecule has 0 radical (unpaired) electrons. The van der Waals surface area contributed by atoms with Gasteiger partial charge in [-0.2, -0.15) is 0 Å². The van der Waals surface area contributed by atoms with Crippen molar-refractivity contribution in [3.05, 3.63) is 18.3 Å². The van der Waals surface area contributed by atoms with E-state index in [0.29, 0.717) is 11.7 Å². The summed E-state index contributed by atoms with van der Waals surface area (Å²) < 4.78 is 5.17. The van der Waals surface area contributed by atoms with Crippen molar-refractivity contribution in [3.8, 4) is 0 Å². The van der Waals surface area contributed by atoms with E-state index in [-0.39, 0.29) is 0 Å². The molecule has 1 aromatic heterocycles. The number of pyridine rings is 1. The Kier molecular flexibility index (Phi) is 6.46. The van der Waals surface area contributed by atoms with Gasteiger partial charge >= 0.3 is 6.09 Å². The van der Waals surface area contributed by atoms with E-state index in [4.69, 9.17) is 4.74 Å². The van der Waals surface area contributed by atoms with Gasteiger partial charge in [-0.15, -0.1) is 0 Å². The fraction of sp³-hybridized carbons (Fsp3) is 0.625. The molecular formula is C16H27N3O2. The molecular weight excluding hydrogens is 266 g/mol. The molecule has 0 spiro atoms. The lowest BCUT2D eigenvalue weighted by Gasteiger charge is -2.19. The van der Waals surface area contributed by atoms with Gasteiger partial charge in [0.25, 0.3) is 0 Å². The van der Waals surface area contributed by atoms with Crippen LogP contribution in [0.15, 0.2) is 18.3 Å². The second-order valence-corrected chi connectivity index (χ2v) is 6.33. The lowest BCUT2D eigenvalue weighted by Crippen LogP contribution is -2.27. The van der Waals surface area contributed by atoms with Crippen LogP contribution >= 0.6 is 0 Å². The van der Waals surface area contributed by atoms with Crippen molar-refractivity contribution in [2.24, 2.45) is 5.92 Å². The summed E-state index contributed by atoms with van der Waals surface area (Å²) >= 11 is 0. The zero-order valence-electron chi connectivity index (χ0n) is 13.7. The third kappa shape index (κ3) is 7.54. The average Bonchev–Trinajstić information content (AvgIpc) is 2.36. The Morgan fingerprint density at radius 1 is 1.38 bits per heavy atom. The zero-order chi connectivity index (χ0) is 15.9. The molecule has 5 nitrogen and oxygen atoms in total. The molecule has 0 aliphatic rings. The first-order chi connectivity index (χ1) is 9.80. The number of carbonyl (C=O) groups excluding carboxylic acids is 1. The highest BCUT2D eigenvalue weighted by molar-refractivity contribution is 5.83. The topological polar surface area (TPSA) is 63.2 Å².